The number of methoxy groups -OCH3 is 2. The molecule has 1 amide bonds. The summed E-state index contributed by atoms with van der Waals surface area (Å²) in [5.41, 5.74) is 1.68. The van der Waals surface area contributed by atoms with Crippen molar-refractivity contribution in [3.63, 3.8) is 0 Å². The Bertz CT molecular complexity index is 827. The number of benzene rings is 2. The van der Waals surface area contributed by atoms with Crippen LogP contribution in [0.15, 0.2) is 42.5 Å². The number of likely N-dealkylation sites (N-methyl/N-ethyl adjacent to an activating group) is 1. The zero-order valence-electron chi connectivity index (χ0n) is 16.8. The Kier molecular flexibility index (Phi) is 7.70. The number of aryl methyl sites for hydroxylation is 1. The number of ether oxygens (including phenoxy) is 3. The Balaban J connectivity index is 1.83. The van der Waals surface area contributed by atoms with Crippen LogP contribution < -0.4 is 14.2 Å². The van der Waals surface area contributed by atoms with Gasteiger partial charge < -0.3 is 19.1 Å². The molecule has 0 aliphatic heterocycles. The summed E-state index contributed by atoms with van der Waals surface area (Å²) in [7, 11) is 5.00. The number of nitriles is 1. The highest BCUT2D eigenvalue weighted by atomic mass is 16.5. The molecule has 0 bridgehead atoms. The van der Waals surface area contributed by atoms with Gasteiger partial charge in [-0.2, -0.15) is 5.26 Å². The minimum absolute atomic E-state index is 0.0864. The minimum Gasteiger partial charge on any atom is -0.493 e. The molecule has 0 saturated heterocycles. The van der Waals surface area contributed by atoms with Crippen molar-refractivity contribution < 1.29 is 19.0 Å². The van der Waals surface area contributed by atoms with Gasteiger partial charge in [0.25, 0.3) is 5.91 Å². The number of hydrogen-bond acceptors (Lipinski definition) is 5. The second-order valence-electron chi connectivity index (χ2n) is 6.45. The van der Waals surface area contributed by atoms with Gasteiger partial charge >= 0.3 is 0 Å². The quantitative estimate of drug-likeness (QED) is 0.664. The van der Waals surface area contributed by atoms with Gasteiger partial charge in [0.15, 0.2) is 17.6 Å². The number of hydrogen-bond donors (Lipinski definition) is 0. The largest absolute Gasteiger partial charge is 0.493 e. The van der Waals surface area contributed by atoms with Crippen LogP contribution in [0, 0.1) is 11.3 Å². The lowest BCUT2D eigenvalue weighted by Crippen LogP contribution is -2.38. The average molecular weight is 382 g/mol. The monoisotopic (exact) mass is 382 g/mol. The van der Waals surface area contributed by atoms with Crippen LogP contribution in [0.5, 0.6) is 17.2 Å². The highest BCUT2D eigenvalue weighted by Crippen LogP contribution is 2.28. The third kappa shape index (κ3) is 5.65. The van der Waals surface area contributed by atoms with E-state index in [0.29, 0.717) is 29.4 Å². The van der Waals surface area contributed by atoms with E-state index in [1.807, 2.05) is 18.2 Å². The van der Waals surface area contributed by atoms with Crippen molar-refractivity contribution in [3.8, 4) is 23.3 Å². The molecule has 0 spiro atoms. The second-order valence-corrected chi connectivity index (χ2v) is 6.45. The predicted molar refractivity (Wildman–Crippen MR) is 107 cm³/mol. The summed E-state index contributed by atoms with van der Waals surface area (Å²) in [6.45, 7) is 2.35. The van der Waals surface area contributed by atoms with Gasteiger partial charge in [-0.1, -0.05) is 6.07 Å². The zero-order valence-corrected chi connectivity index (χ0v) is 16.8. The van der Waals surface area contributed by atoms with Crippen LogP contribution in [0.4, 0.5) is 0 Å². The standard InChI is InChI=1S/C22H26N2O4/c1-16(28-19-10-7-18(15-23)8-11-19)22(25)24(2)13-5-6-17-9-12-20(26-3)21(14-17)27-4/h7-12,14,16H,5-6,13H2,1-4H3/t16-/m1/s1. The molecule has 148 valence electrons. The lowest BCUT2D eigenvalue weighted by atomic mass is 10.1. The van der Waals surface area contributed by atoms with Crippen molar-refractivity contribution >= 4 is 5.91 Å². The second kappa shape index (κ2) is 10.2. The van der Waals surface area contributed by atoms with Crippen molar-refractivity contribution in [2.75, 3.05) is 27.8 Å². The molecule has 0 unspecified atom stereocenters. The molecule has 0 aromatic heterocycles. The number of carbonyl (C=O) groups excluding carboxylic acids is 1. The van der Waals surface area contributed by atoms with E-state index in [2.05, 4.69) is 6.07 Å². The molecule has 2 aromatic rings. The van der Waals surface area contributed by atoms with Gasteiger partial charge in [-0.15, -0.1) is 0 Å². The number of amides is 1. The molecule has 0 heterocycles. The Morgan fingerprint density at radius 3 is 2.39 bits per heavy atom. The first-order valence-electron chi connectivity index (χ1n) is 9.11. The first kappa shape index (κ1) is 21.1. The van der Waals surface area contributed by atoms with Crippen molar-refractivity contribution in [1.82, 2.24) is 4.90 Å². The third-order valence-corrected chi connectivity index (χ3v) is 4.43. The Morgan fingerprint density at radius 2 is 1.79 bits per heavy atom. The number of rotatable bonds is 9. The molecule has 6 nitrogen and oxygen atoms in total. The van der Waals surface area contributed by atoms with E-state index in [9.17, 15) is 4.79 Å². The summed E-state index contributed by atoms with van der Waals surface area (Å²) in [5.74, 6) is 1.89. The molecule has 0 saturated carbocycles. The molecular formula is C22H26N2O4. The van der Waals surface area contributed by atoms with E-state index in [4.69, 9.17) is 19.5 Å². The summed E-state index contributed by atoms with van der Waals surface area (Å²) in [6, 6.07) is 14.6. The fourth-order valence-corrected chi connectivity index (χ4v) is 2.84. The summed E-state index contributed by atoms with van der Waals surface area (Å²) in [4.78, 5) is 14.2. The van der Waals surface area contributed by atoms with Crippen molar-refractivity contribution in [3.05, 3.63) is 53.6 Å². The zero-order chi connectivity index (χ0) is 20.5. The predicted octanol–water partition coefficient (Wildman–Crippen LogP) is 3.43. The molecule has 0 aliphatic carbocycles. The molecular weight excluding hydrogens is 356 g/mol. The summed E-state index contributed by atoms with van der Waals surface area (Å²) in [6.07, 6.45) is 1.04. The molecule has 6 heteroatoms. The topological polar surface area (TPSA) is 71.8 Å². The van der Waals surface area contributed by atoms with Gasteiger partial charge in [0.2, 0.25) is 0 Å². The van der Waals surface area contributed by atoms with Gasteiger partial charge in [0.1, 0.15) is 5.75 Å². The highest BCUT2D eigenvalue weighted by molar-refractivity contribution is 5.80. The lowest BCUT2D eigenvalue weighted by molar-refractivity contribution is -0.136. The SMILES string of the molecule is COc1ccc(CCCN(C)C(=O)[C@@H](C)Oc2ccc(C#N)cc2)cc1OC. The lowest BCUT2D eigenvalue weighted by Gasteiger charge is -2.22. The Labute approximate surface area is 166 Å². The van der Waals surface area contributed by atoms with Crippen LogP contribution in [0.25, 0.3) is 0 Å². The summed E-state index contributed by atoms with van der Waals surface area (Å²) in [5, 5.41) is 8.83. The van der Waals surface area contributed by atoms with Crippen LogP contribution in [0.3, 0.4) is 0 Å². The van der Waals surface area contributed by atoms with Crippen LogP contribution in [0.2, 0.25) is 0 Å². The normalized spacial score (nSPS) is 11.2. The summed E-state index contributed by atoms with van der Waals surface area (Å²) < 4.78 is 16.3. The fraction of sp³-hybridized carbons (Fsp3) is 0.364. The highest BCUT2D eigenvalue weighted by Gasteiger charge is 2.19. The Hall–Kier alpha value is -3.20. The first-order chi connectivity index (χ1) is 13.5. The maximum absolute atomic E-state index is 12.5. The molecule has 1 atom stereocenters. The van der Waals surface area contributed by atoms with Crippen LogP contribution in [-0.2, 0) is 11.2 Å². The first-order valence-corrected chi connectivity index (χ1v) is 9.11. The molecule has 0 N–H and O–H groups in total. The van der Waals surface area contributed by atoms with Crippen molar-refractivity contribution in [1.29, 1.82) is 5.26 Å². The van der Waals surface area contributed by atoms with Crippen LogP contribution >= 0.6 is 0 Å². The molecule has 2 rings (SSSR count). The van der Waals surface area contributed by atoms with Gasteiger partial charge in [-0.05, 0) is 61.7 Å². The third-order valence-electron chi connectivity index (χ3n) is 4.43. The van der Waals surface area contributed by atoms with E-state index < -0.39 is 6.10 Å². The molecule has 0 fully saturated rings. The van der Waals surface area contributed by atoms with E-state index in [1.54, 1.807) is 57.4 Å². The van der Waals surface area contributed by atoms with E-state index in [1.165, 1.54) is 0 Å². The van der Waals surface area contributed by atoms with Crippen LogP contribution in [-0.4, -0.2) is 44.7 Å². The molecule has 0 aliphatic rings. The van der Waals surface area contributed by atoms with E-state index in [0.717, 1.165) is 18.4 Å². The average Bonchev–Trinajstić information content (AvgIpc) is 2.73. The van der Waals surface area contributed by atoms with Gasteiger partial charge in [0, 0.05) is 13.6 Å². The number of nitrogens with zero attached hydrogens (tertiary/aromatic N) is 2. The maximum Gasteiger partial charge on any atom is 0.263 e. The van der Waals surface area contributed by atoms with Gasteiger partial charge in [-0.25, -0.2) is 0 Å². The smallest absolute Gasteiger partial charge is 0.263 e. The van der Waals surface area contributed by atoms with Crippen molar-refractivity contribution in [2.45, 2.75) is 25.9 Å². The van der Waals surface area contributed by atoms with Gasteiger partial charge in [0.05, 0.1) is 25.9 Å². The Morgan fingerprint density at radius 1 is 1.11 bits per heavy atom. The van der Waals surface area contributed by atoms with Crippen molar-refractivity contribution in [2.24, 2.45) is 0 Å². The minimum atomic E-state index is -0.598. The molecule has 28 heavy (non-hydrogen) atoms. The fourth-order valence-electron chi connectivity index (χ4n) is 2.84. The van der Waals surface area contributed by atoms with E-state index >= 15 is 0 Å². The summed E-state index contributed by atoms with van der Waals surface area (Å²) >= 11 is 0. The molecule has 0 radical (unpaired) electrons. The molecule has 2 aromatic carbocycles. The maximum atomic E-state index is 12.5. The van der Waals surface area contributed by atoms with Crippen LogP contribution in [0.1, 0.15) is 24.5 Å². The van der Waals surface area contributed by atoms with E-state index in [-0.39, 0.29) is 5.91 Å². The number of carbonyl (C=O) groups is 1. The van der Waals surface area contributed by atoms with Gasteiger partial charge in [-0.3, -0.25) is 4.79 Å².